The van der Waals surface area contributed by atoms with E-state index < -0.39 is 0 Å². The molecule has 0 unspecified atom stereocenters. The van der Waals surface area contributed by atoms with E-state index >= 15 is 0 Å². The van der Waals surface area contributed by atoms with Crippen molar-refractivity contribution in [3.63, 3.8) is 0 Å². The molecule has 1 saturated carbocycles. The van der Waals surface area contributed by atoms with Crippen LogP contribution in [-0.2, 0) is 6.61 Å². The maximum atomic E-state index is 5.88. The molecule has 0 bridgehead atoms. The Kier molecular flexibility index (Phi) is 4.63. The van der Waals surface area contributed by atoms with Gasteiger partial charge in [-0.1, -0.05) is 35.2 Å². The summed E-state index contributed by atoms with van der Waals surface area (Å²) in [7, 11) is 0. The van der Waals surface area contributed by atoms with Gasteiger partial charge in [0.2, 0.25) is 0 Å². The quantitative estimate of drug-likeness (QED) is 0.773. The van der Waals surface area contributed by atoms with Gasteiger partial charge in [0.05, 0.1) is 11.7 Å². The zero-order valence-electron chi connectivity index (χ0n) is 12.4. The molecule has 0 amide bonds. The largest absolute Gasteiger partial charge is 0.487 e. The fraction of sp³-hybridized carbons (Fsp3) is 0.471. The van der Waals surface area contributed by atoms with E-state index in [0.717, 1.165) is 21.5 Å². The molecule has 2 aromatic rings. The van der Waals surface area contributed by atoms with Crippen molar-refractivity contribution in [2.45, 2.75) is 51.7 Å². The summed E-state index contributed by atoms with van der Waals surface area (Å²) >= 11 is 3.47. The van der Waals surface area contributed by atoms with Crippen molar-refractivity contribution in [2.75, 3.05) is 0 Å². The number of aromatic nitrogens is 2. The average molecular weight is 349 g/mol. The zero-order chi connectivity index (χ0) is 14.7. The summed E-state index contributed by atoms with van der Waals surface area (Å²) in [5.41, 5.74) is 2.14. The molecule has 3 rings (SSSR count). The number of rotatable bonds is 4. The molecule has 0 aliphatic heterocycles. The van der Waals surface area contributed by atoms with Crippen LogP contribution in [0.15, 0.2) is 34.9 Å². The van der Waals surface area contributed by atoms with Crippen LogP contribution in [0.5, 0.6) is 5.75 Å². The Hall–Kier alpha value is -1.29. The second kappa shape index (κ2) is 6.65. The molecule has 21 heavy (non-hydrogen) atoms. The Morgan fingerprint density at radius 3 is 2.81 bits per heavy atom. The smallest absolute Gasteiger partial charge is 0.132 e. The lowest BCUT2D eigenvalue weighted by molar-refractivity contribution is 0.289. The van der Waals surface area contributed by atoms with Gasteiger partial charge in [-0.05, 0) is 49.6 Å². The first-order chi connectivity index (χ1) is 10.2. The molecule has 1 aliphatic carbocycles. The maximum Gasteiger partial charge on any atom is 0.132 e. The number of halogens is 1. The van der Waals surface area contributed by atoms with Gasteiger partial charge in [0, 0.05) is 10.7 Å². The first-order valence-electron chi connectivity index (χ1n) is 7.65. The summed E-state index contributed by atoms with van der Waals surface area (Å²) in [6, 6.07) is 8.72. The highest BCUT2D eigenvalue weighted by Crippen LogP contribution is 2.28. The molecule has 3 nitrogen and oxygen atoms in total. The predicted octanol–water partition coefficient (Wildman–Crippen LogP) is 5.04. The molecule has 0 N–H and O–H groups in total. The number of nitrogens with zero attached hydrogens (tertiary/aromatic N) is 2. The standard InChI is InChI=1S/C17H21BrN2O/c1-13-11-14(18)7-8-17(13)21-12-15-9-10-20(19-15)16-5-3-2-4-6-16/h7-11,16H,2-6,12H2,1H3. The maximum absolute atomic E-state index is 5.88. The van der Waals surface area contributed by atoms with Crippen LogP contribution in [-0.4, -0.2) is 9.78 Å². The Labute approximate surface area is 134 Å². The third-order valence-electron chi connectivity index (χ3n) is 4.12. The number of ether oxygens (including phenoxy) is 1. The molecule has 1 aromatic heterocycles. The van der Waals surface area contributed by atoms with E-state index in [1.54, 1.807) is 0 Å². The summed E-state index contributed by atoms with van der Waals surface area (Å²) in [6.07, 6.45) is 8.64. The summed E-state index contributed by atoms with van der Waals surface area (Å²) in [6.45, 7) is 2.59. The van der Waals surface area contributed by atoms with Crippen LogP contribution in [0.3, 0.4) is 0 Å². The fourth-order valence-electron chi connectivity index (χ4n) is 2.93. The van der Waals surface area contributed by atoms with E-state index in [1.165, 1.54) is 32.1 Å². The van der Waals surface area contributed by atoms with Crippen LogP contribution in [0.25, 0.3) is 0 Å². The van der Waals surface area contributed by atoms with Crippen LogP contribution in [0, 0.1) is 6.92 Å². The topological polar surface area (TPSA) is 27.1 Å². The van der Waals surface area contributed by atoms with Gasteiger partial charge in [0.15, 0.2) is 0 Å². The van der Waals surface area contributed by atoms with Crippen molar-refractivity contribution in [1.29, 1.82) is 0 Å². The van der Waals surface area contributed by atoms with Gasteiger partial charge in [0.1, 0.15) is 12.4 Å². The molecule has 0 radical (unpaired) electrons. The van der Waals surface area contributed by atoms with Gasteiger partial charge in [0.25, 0.3) is 0 Å². The van der Waals surface area contributed by atoms with Crippen LogP contribution in [0.2, 0.25) is 0 Å². The predicted molar refractivity (Wildman–Crippen MR) is 87.6 cm³/mol. The Balaban J connectivity index is 1.61. The van der Waals surface area contributed by atoms with Crippen molar-refractivity contribution < 1.29 is 4.74 Å². The molecular weight excluding hydrogens is 328 g/mol. The van der Waals surface area contributed by atoms with Crippen molar-refractivity contribution in [3.05, 3.63) is 46.2 Å². The second-order valence-corrected chi connectivity index (χ2v) is 6.69. The monoisotopic (exact) mass is 348 g/mol. The minimum atomic E-state index is 0.530. The Morgan fingerprint density at radius 2 is 2.05 bits per heavy atom. The molecular formula is C17H21BrN2O. The van der Waals surface area contributed by atoms with E-state index in [9.17, 15) is 0 Å². The Bertz CT molecular complexity index is 603. The van der Waals surface area contributed by atoms with Crippen molar-refractivity contribution in [3.8, 4) is 5.75 Å². The van der Waals surface area contributed by atoms with E-state index in [2.05, 4.69) is 51.0 Å². The lowest BCUT2D eigenvalue weighted by Gasteiger charge is -2.21. The van der Waals surface area contributed by atoms with Gasteiger partial charge in [-0.15, -0.1) is 0 Å². The van der Waals surface area contributed by atoms with Gasteiger partial charge >= 0.3 is 0 Å². The molecule has 0 atom stereocenters. The average Bonchev–Trinajstić information content (AvgIpc) is 2.96. The first-order valence-corrected chi connectivity index (χ1v) is 8.44. The lowest BCUT2D eigenvalue weighted by atomic mass is 9.96. The van der Waals surface area contributed by atoms with E-state index in [4.69, 9.17) is 4.74 Å². The van der Waals surface area contributed by atoms with E-state index in [1.807, 2.05) is 12.1 Å². The third-order valence-corrected chi connectivity index (χ3v) is 4.62. The van der Waals surface area contributed by atoms with Crippen LogP contribution < -0.4 is 4.74 Å². The molecule has 112 valence electrons. The van der Waals surface area contributed by atoms with Gasteiger partial charge in [-0.3, -0.25) is 4.68 Å². The number of hydrogen-bond donors (Lipinski definition) is 0. The number of hydrogen-bond acceptors (Lipinski definition) is 2. The Morgan fingerprint density at radius 1 is 1.24 bits per heavy atom. The van der Waals surface area contributed by atoms with Gasteiger partial charge in [-0.2, -0.15) is 5.10 Å². The first kappa shape index (κ1) is 14.6. The summed E-state index contributed by atoms with van der Waals surface area (Å²) in [4.78, 5) is 0. The highest BCUT2D eigenvalue weighted by molar-refractivity contribution is 9.10. The normalized spacial score (nSPS) is 16.1. The SMILES string of the molecule is Cc1cc(Br)ccc1OCc1ccn(C2CCCCC2)n1. The lowest BCUT2D eigenvalue weighted by Crippen LogP contribution is -2.13. The van der Waals surface area contributed by atoms with Crippen LogP contribution in [0.4, 0.5) is 0 Å². The number of benzene rings is 1. The highest BCUT2D eigenvalue weighted by atomic mass is 79.9. The zero-order valence-corrected chi connectivity index (χ0v) is 14.0. The van der Waals surface area contributed by atoms with Crippen molar-refractivity contribution in [1.82, 2.24) is 9.78 Å². The van der Waals surface area contributed by atoms with Gasteiger partial charge in [-0.25, -0.2) is 0 Å². The summed E-state index contributed by atoms with van der Waals surface area (Å²) in [5, 5.41) is 4.68. The molecule has 0 saturated heterocycles. The van der Waals surface area contributed by atoms with Crippen LogP contribution >= 0.6 is 15.9 Å². The minimum absolute atomic E-state index is 0.530. The van der Waals surface area contributed by atoms with Crippen molar-refractivity contribution in [2.24, 2.45) is 0 Å². The van der Waals surface area contributed by atoms with Crippen LogP contribution in [0.1, 0.15) is 49.4 Å². The molecule has 0 spiro atoms. The van der Waals surface area contributed by atoms with E-state index in [-0.39, 0.29) is 0 Å². The highest BCUT2D eigenvalue weighted by Gasteiger charge is 2.16. The van der Waals surface area contributed by atoms with Crippen molar-refractivity contribution >= 4 is 15.9 Å². The minimum Gasteiger partial charge on any atom is -0.487 e. The summed E-state index contributed by atoms with van der Waals surface area (Å²) in [5.74, 6) is 0.922. The second-order valence-electron chi connectivity index (χ2n) is 5.78. The van der Waals surface area contributed by atoms with E-state index in [0.29, 0.717) is 12.6 Å². The molecule has 1 heterocycles. The number of aryl methyl sites for hydroxylation is 1. The molecule has 1 fully saturated rings. The third kappa shape index (κ3) is 3.67. The summed E-state index contributed by atoms with van der Waals surface area (Å²) < 4.78 is 9.09. The molecule has 4 heteroatoms. The molecule has 1 aliphatic rings. The van der Waals surface area contributed by atoms with Gasteiger partial charge < -0.3 is 4.74 Å². The fourth-order valence-corrected chi connectivity index (χ4v) is 3.41. The molecule has 1 aromatic carbocycles.